The topological polar surface area (TPSA) is 61.4 Å². The molecule has 0 aromatic heterocycles. The molecule has 1 atom stereocenters. The SMILES string of the molecule is CCCC(O)CNC(=O)Nc1ccc(Cl)cc1. The average molecular weight is 257 g/mol. The minimum absolute atomic E-state index is 0.257. The van der Waals surface area contributed by atoms with Gasteiger partial charge in [0.15, 0.2) is 0 Å². The number of aliphatic hydroxyl groups excluding tert-OH is 1. The van der Waals surface area contributed by atoms with Crippen molar-refractivity contribution in [2.45, 2.75) is 25.9 Å². The third-order valence-corrected chi connectivity index (χ3v) is 2.47. The van der Waals surface area contributed by atoms with Crippen molar-refractivity contribution in [3.05, 3.63) is 29.3 Å². The van der Waals surface area contributed by atoms with E-state index in [4.69, 9.17) is 11.6 Å². The highest BCUT2D eigenvalue weighted by molar-refractivity contribution is 6.30. The summed E-state index contributed by atoms with van der Waals surface area (Å²) < 4.78 is 0. The summed E-state index contributed by atoms with van der Waals surface area (Å²) in [7, 11) is 0. The van der Waals surface area contributed by atoms with Crippen LogP contribution < -0.4 is 10.6 Å². The van der Waals surface area contributed by atoms with Crippen LogP contribution in [0.1, 0.15) is 19.8 Å². The molecule has 0 aliphatic rings. The van der Waals surface area contributed by atoms with Crippen LogP contribution in [0, 0.1) is 0 Å². The van der Waals surface area contributed by atoms with Gasteiger partial charge in [-0.3, -0.25) is 0 Å². The lowest BCUT2D eigenvalue weighted by molar-refractivity contribution is 0.162. The van der Waals surface area contributed by atoms with Gasteiger partial charge in [0.25, 0.3) is 0 Å². The second-order valence-corrected chi connectivity index (χ2v) is 4.22. The second-order valence-electron chi connectivity index (χ2n) is 3.78. The first-order chi connectivity index (χ1) is 8.11. The quantitative estimate of drug-likeness (QED) is 0.758. The first-order valence-corrected chi connectivity index (χ1v) is 5.98. The number of aliphatic hydroxyl groups is 1. The molecular formula is C12H17ClN2O2. The molecule has 0 aliphatic carbocycles. The minimum atomic E-state index is -0.490. The average Bonchev–Trinajstić information content (AvgIpc) is 2.30. The Morgan fingerprint density at radius 2 is 2.06 bits per heavy atom. The molecule has 1 rings (SSSR count). The summed E-state index contributed by atoms with van der Waals surface area (Å²) in [6, 6.07) is 6.49. The van der Waals surface area contributed by atoms with Gasteiger partial charge in [0.1, 0.15) is 0 Å². The zero-order valence-corrected chi connectivity index (χ0v) is 10.5. The van der Waals surface area contributed by atoms with E-state index < -0.39 is 6.10 Å². The standard InChI is InChI=1S/C12H17ClN2O2/c1-2-3-11(16)8-14-12(17)15-10-6-4-9(13)5-7-10/h4-7,11,16H,2-3,8H2,1H3,(H2,14,15,17). The maximum Gasteiger partial charge on any atom is 0.319 e. The summed E-state index contributed by atoms with van der Waals surface area (Å²) in [6.07, 6.45) is 1.08. The number of hydrogen-bond donors (Lipinski definition) is 3. The maximum absolute atomic E-state index is 11.4. The Bertz CT molecular complexity index is 354. The summed E-state index contributed by atoms with van der Waals surface area (Å²) in [4.78, 5) is 11.4. The Hall–Kier alpha value is -1.26. The van der Waals surface area contributed by atoms with Crippen LogP contribution in [-0.2, 0) is 0 Å². The Morgan fingerprint density at radius 1 is 1.41 bits per heavy atom. The highest BCUT2D eigenvalue weighted by Crippen LogP contribution is 2.12. The molecule has 1 aromatic carbocycles. The molecule has 1 unspecified atom stereocenters. The first-order valence-electron chi connectivity index (χ1n) is 5.60. The largest absolute Gasteiger partial charge is 0.391 e. The summed E-state index contributed by atoms with van der Waals surface area (Å²) in [5, 5.41) is 15.3. The Kier molecular flexibility index (Phi) is 5.80. The number of anilines is 1. The van der Waals surface area contributed by atoms with Gasteiger partial charge in [-0.15, -0.1) is 0 Å². The Balaban J connectivity index is 2.32. The lowest BCUT2D eigenvalue weighted by Gasteiger charge is -2.11. The number of rotatable bonds is 5. The van der Waals surface area contributed by atoms with Crippen molar-refractivity contribution in [1.29, 1.82) is 0 Å². The van der Waals surface area contributed by atoms with Crippen LogP contribution in [0.25, 0.3) is 0 Å². The van der Waals surface area contributed by atoms with Crippen LogP contribution in [-0.4, -0.2) is 23.8 Å². The Morgan fingerprint density at radius 3 is 2.65 bits per heavy atom. The summed E-state index contributed by atoms with van der Waals surface area (Å²) in [5.41, 5.74) is 0.664. The predicted octanol–water partition coefficient (Wildman–Crippen LogP) is 2.62. The molecule has 3 N–H and O–H groups in total. The molecule has 0 heterocycles. The number of carbonyl (C=O) groups excluding carboxylic acids is 1. The molecule has 0 saturated heterocycles. The molecule has 0 radical (unpaired) electrons. The van der Waals surface area contributed by atoms with E-state index in [1.54, 1.807) is 24.3 Å². The van der Waals surface area contributed by atoms with E-state index in [2.05, 4.69) is 10.6 Å². The van der Waals surface area contributed by atoms with E-state index in [-0.39, 0.29) is 12.6 Å². The predicted molar refractivity (Wildman–Crippen MR) is 69.4 cm³/mol. The summed E-state index contributed by atoms with van der Waals surface area (Å²) >= 11 is 5.72. The molecule has 0 fully saturated rings. The van der Waals surface area contributed by atoms with Crippen molar-refractivity contribution in [1.82, 2.24) is 5.32 Å². The van der Waals surface area contributed by atoms with Crippen LogP contribution >= 0.6 is 11.6 Å². The zero-order valence-electron chi connectivity index (χ0n) is 9.74. The lowest BCUT2D eigenvalue weighted by atomic mass is 10.2. The zero-order chi connectivity index (χ0) is 12.7. The highest BCUT2D eigenvalue weighted by Gasteiger charge is 2.05. The molecule has 4 nitrogen and oxygen atoms in total. The molecule has 0 spiro atoms. The maximum atomic E-state index is 11.4. The molecule has 2 amide bonds. The van der Waals surface area contributed by atoms with E-state index in [1.807, 2.05) is 6.92 Å². The molecule has 1 aromatic rings. The van der Waals surface area contributed by atoms with Gasteiger partial charge in [-0.05, 0) is 30.7 Å². The third kappa shape index (κ3) is 5.56. The fourth-order valence-electron chi connectivity index (χ4n) is 1.35. The number of nitrogens with one attached hydrogen (secondary N) is 2. The van der Waals surface area contributed by atoms with Crippen LogP contribution in [0.5, 0.6) is 0 Å². The van der Waals surface area contributed by atoms with Crippen LogP contribution in [0.2, 0.25) is 5.02 Å². The van der Waals surface area contributed by atoms with Gasteiger partial charge in [-0.1, -0.05) is 24.9 Å². The second kappa shape index (κ2) is 7.14. The van der Waals surface area contributed by atoms with Crippen LogP contribution in [0.15, 0.2) is 24.3 Å². The lowest BCUT2D eigenvalue weighted by Crippen LogP contribution is -2.35. The van der Waals surface area contributed by atoms with E-state index >= 15 is 0 Å². The van der Waals surface area contributed by atoms with Gasteiger partial charge in [-0.2, -0.15) is 0 Å². The number of halogens is 1. The van der Waals surface area contributed by atoms with Crippen LogP contribution in [0.4, 0.5) is 10.5 Å². The fourth-order valence-corrected chi connectivity index (χ4v) is 1.48. The number of carbonyl (C=O) groups is 1. The van der Waals surface area contributed by atoms with Gasteiger partial charge in [0.2, 0.25) is 0 Å². The van der Waals surface area contributed by atoms with Crippen LogP contribution in [0.3, 0.4) is 0 Å². The van der Waals surface area contributed by atoms with E-state index in [1.165, 1.54) is 0 Å². The minimum Gasteiger partial charge on any atom is -0.391 e. The molecule has 0 bridgehead atoms. The van der Waals surface area contributed by atoms with Crippen molar-refractivity contribution in [3.63, 3.8) is 0 Å². The van der Waals surface area contributed by atoms with E-state index in [0.29, 0.717) is 17.1 Å². The third-order valence-electron chi connectivity index (χ3n) is 2.22. The van der Waals surface area contributed by atoms with E-state index in [9.17, 15) is 9.90 Å². The molecular weight excluding hydrogens is 240 g/mol. The normalized spacial score (nSPS) is 11.9. The summed E-state index contributed by atoms with van der Waals surface area (Å²) in [5.74, 6) is 0. The fraction of sp³-hybridized carbons (Fsp3) is 0.417. The molecule has 0 aliphatic heterocycles. The molecule has 94 valence electrons. The number of amides is 2. The summed E-state index contributed by atoms with van der Waals surface area (Å²) in [6.45, 7) is 2.24. The van der Waals surface area contributed by atoms with Gasteiger partial charge in [-0.25, -0.2) is 4.79 Å². The van der Waals surface area contributed by atoms with Crippen molar-refractivity contribution >= 4 is 23.3 Å². The number of urea groups is 1. The van der Waals surface area contributed by atoms with E-state index in [0.717, 1.165) is 6.42 Å². The smallest absolute Gasteiger partial charge is 0.319 e. The number of benzene rings is 1. The number of hydrogen-bond acceptors (Lipinski definition) is 2. The monoisotopic (exact) mass is 256 g/mol. The molecule has 17 heavy (non-hydrogen) atoms. The first kappa shape index (κ1) is 13.8. The Labute approximate surface area is 106 Å². The molecule has 0 saturated carbocycles. The van der Waals surface area contributed by atoms with Gasteiger partial charge in [0, 0.05) is 17.3 Å². The van der Waals surface area contributed by atoms with Gasteiger partial charge in [0.05, 0.1) is 6.10 Å². The van der Waals surface area contributed by atoms with Crippen molar-refractivity contribution in [2.75, 3.05) is 11.9 Å². The molecule has 5 heteroatoms. The highest BCUT2D eigenvalue weighted by atomic mass is 35.5. The van der Waals surface area contributed by atoms with Crippen molar-refractivity contribution < 1.29 is 9.90 Å². The van der Waals surface area contributed by atoms with Crippen molar-refractivity contribution in [2.24, 2.45) is 0 Å². The van der Waals surface area contributed by atoms with Gasteiger partial charge >= 0.3 is 6.03 Å². The van der Waals surface area contributed by atoms with Gasteiger partial charge < -0.3 is 15.7 Å². The van der Waals surface area contributed by atoms with Crippen molar-refractivity contribution in [3.8, 4) is 0 Å².